The molecule has 220 valence electrons. The molecule has 7 atom stereocenters. The van der Waals surface area contributed by atoms with Gasteiger partial charge in [-0.2, -0.15) is 0 Å². The van der Waals surface area contributed by atoms with Crippen LogP contribution in [0.4, 0.5) is 10.1 Å². The number of hydrogen-bond acceptors (Lipinski definition) is 8. The lowest BCUT2D eigenvalue weighted by Gasteiger charge is -2.46. The number of nitrogens with zero attached hydrogens (tertiary/aromatic N) is 4. The van der Waals surface area contributed by atoms with Gasteiger partial charge in [0.25, 0.3) is 5.91 Å². The summed E-state index contributed by atoms with van der Waals surface area (Å²) in [6.45, 7) is -0.584. The molecule has 1 aliphatic carbocycles. The second-order valence-corrected chi connectivity index (χ2v) is 11.7. The molecule has 1 saturated heterocycles. The number of halogens is 3. The summed E-state index contributed by atoms with van der Waals surface area (Å²) in [6.07, 6.45) is -1.35. The molecule has 2 heterocycles. The smallest absolute Gasteiger partial charge is 0.259 e. The summed E-state index contributed by atoms with van der Waals surface area (Å²) in [5.41, 5.74) is 1.26. The van der Waals surface area contributed by atoms with Crippen LogP contribution in [0, 0.1) is 5.82 Å². The lowest BCUT2D eigenvalue weighted by molar-refractivity contribution is -0.211. The number of hydrogen-bond donors (Lipinski definition) is 3. The fourth-order valence-corrected chi connectivity index (χ4v) is 6.40. The van der Waals surface area contributed by atoms with E-state index < -0.39 is 60.9 Å². The van der Waals surface area contributed by atoms with E-state index in [1.807, 2.05) is 0 Å². The van der Waals surface area contributed by atoms with Crippen LogP contribution in [0.15, 0.2) is 53.1 Å². The van der Waals surface area contributed by atoms with Crippen LogP contribution in [0.5, 0.6) is 0 Å². The van der Waals surface area contributed by atoms with Gasteiger partial charge in [-0.1, -0.05) is 51.7 Å². The first kappa shape index (κ1) is 30.0. The molecule has 2 aromatic carbocycles. The molecule has 0 radical (unpaired) electrons. The predicted octanol–water partition coefficient (Wildman–Crippen LogP) is 3.51. The number of aromatic nitrogens is 3. The summed E-state index contributed by atoms with van der Waals surface area (Å²) in [4.78, 5) is 15.9. The van der Waals surface area contributed by atoms with Crippen LogP contribution in [0.3, 0.4) is 0 Å². The van der Waals surface area contributed by atoms with E-state index in [2.05, 4.69) is 26.2 Å². The Labute approximate surface area is 249 Å². The molecule has 1 aromatic heterocycles. The number of amides is 1. The molecular weight excluding hydrogens is 623 g/mol. The highest BCUT2D eigenvalue weighted by Crippen LogP contribution is 2.37. The van der Waals surface area contributed by atoms with Crippen LogP contribution < -0.4 is 4.90 Å². The minimum absolute atomic E-state index is 0.327. The predicted molar refractivity (Wildman–Crippen MR) is 152 cm³/mol. The van der Waals surface area contributed by atoms with Gasteiger partial charge in [0, 0.05) is 27.9 Å². The highest BCUT2D eigenvalue weighted by atomic mass is 79.9. The molecule has 0 spiro atoms. The zero-order valence-corrected chi connectivity index (χ0v) is 24.5. The summed E-state index contributed by atoms with van der Waals surface area (Å²) in [5, 5.41) is 41.0. The molecule has 2 aliphatic rings. The molecule has 1 saturated carbocycles. The summed E-state index contributed by atoms with van der Waals surface area (Å²) < 4.78 is 27.7. The Morgan fingerprint density at radius 1 is 1.24 bits per heavy atom. The van der Waals surface area contributed by atoms with E-state index in [1.54, 1.807) is 30.3 Å². The Hall–Kier alpha value is -2.45. The van der Waals surface area contributed by atoms with Crippen molar-refractivity contribution in [3.05, 3.63) is 64.0 Å². The molecule has 1 aliphatic heterocycles. The van der Waals surface area contributed by atoms with Crippen molar-refractivity contribution in [1.29, 1.82) is 0 Å². The zero-order valence-electron chi connectivity index (χ0n) is 22.2. The largest absolute Gasteiger partial charge is 0.394 e. The number of methoxy groups -OCH3 is 1. The second kappa shape index (κ2) is 12.8. The van der Waals surface area contributed by atoms with Gasteiger partial charge in [0.1, 0.15) is 35.9 Å². The zero-order chi connectivity index (χ0) is 29.3. The van der Waals surface area contributed by atoms with E-state index in [-0.39, 0.29) is 0 Å². The first-order chi connectivity index (χ1) is 19.7. The van der Waals surface area contributed by atoms with Crippen molar-refractivity contribution in [3.63, 3.8) is 0 Å². The minimum atomic E-state index is -1.33. The van der Waals surface area contributed by atoms with E-state index in [1.165, 1.54) is 35.0 Å². The number of aliphatic hydroxyl groups excluding tert-OH is 3. The molecule has 1 amide bonds. The summed E-state index contributed by atoms with van der Waals surface area (Å²) >= 11 is 9.56. The first-order valence-corrected chi connectivity index (χ1v) is 14.5. The fourth-order valence-electron chi connectivity index (χ4n) is 5.75. The van der Waals surface area contributed by atoms with Crippen molar-refractivity contribution in [1.82, 2.24) is 15.0 Å². The third kappa shape index (κ3) is 6.19. The summed E-state index contributed by atoms with van der Waals surface area (Å²) in [6, 6.07) is 9.51. The van der Waals surface area contributed by atoms with E-state index in [0.29, 0.717) is 39.3 Å². The molecule has 10 nitrogen and oxygen atoms in total. The van der Waals surface area contributed by atoms with Crippen molar-refractivity contribution in [2.75, 3.05) is 18.6 Å². The standard InChI is InChI=1S/C28H31BrClFN4O6/c1-40-26-24(34-13-20(32-33-34)15-9-16(29)11-18(31)10-15)25(38)23(14-36)41-27(26)28(39)35(19-6-4-5-17(30)12-19)21-7-2-3-8-22(21)37/h4-6,9-13,21-27,36-38H,2-3,7-8,14H2,1H3/t21-,22-,23+,24-,25-,26+,27+/m0/s1. The Morgan fingerprint density at radius 3 is 2.71 bits per heavy atom. The summed E-state index contributed by atoms with van der Waals surface area (Å²) in [7, 11) is 1.38. The molecule has 5 rings (SSSR count). The highest BCUT2D eigenvalue weighted by Gasteiger charge is 2.52. The third-order valence-corrected chi connectivity index (χ3v) is 8.40. The van der Waals surface area contributed by atoms with Gasteiger partial charge >= 0.3 is 0 Å². The van der Waals surface area contributed by atoms with Crippen LogP contribution in [-0.4, -0.2) is 86.5 Å². The average Bonchev–Trinajstić information content (AvgIpc) is 3.43. The minimum Gasteiger partial charge on any atom is -0.394 e. The van der Waals surface area contributed by atoms with Crippen molar-refractivity contribution in [2.45, 2.75) is 68.3 Å². The number of carbonyl (C=O) groups is 1. The lowest BCUT2D eigenvalue weighted by atomic mass is 9.88. The Kier molecular flexibility index (Phi) is 9.39. The van der Waals surface area contributed by atoms with E-state index >= 15 is 0 Å². The van der Waals surface area contributed by atoms with E-state index in [4.69, 9.17) is 21.1 Å². The Bertz CT molecular complexity index is 1360. The number of carbonyl (C=O) groups excluding carboxylic acids is 1. The van der Waals surface area contributed by atoms with Crippen LogP contribution in [0.1, 0.15) is 31.7 Å². The SMILES string of the molecule is CO[C@@H]1[C@@H](n2cc(-c3cc(F)cc(Br)c3)nn2)[C@@H](O)[C@@H](CO)O[C@H]1C(=O)N(c1cccc(Cl)c1)[C@H]1CCCC[C@@H]1O. The molecule has 2 fully saturated rings. The van der Waals surface area contributed by atoms with Gasteiger partial charge in [0.05, 0.1) is 24.9 Å². The van der Waals surface area contributed by atoms with Gasteiger partial charge in [-0.25, -0.2) is 9.07 Å². The molecule has 0 unspecified atom stereocenters. The summed E-state index contributed by atoms with van der Waals surface area (Å²) in [5.74, 6) is -0.989. The average molecular weight is 654 g/mol. The van der Waals surface area contributed by atoms with Crippen molar-refractivity contribution < 1.29 is 34.0 Å². The van der Waals surface area contributed by atoms with Gasteiger partial charge in [0.2, 0.25) is 0 Å². The first-order valence-electron chi connectivity index (χ1n) is 13.3. The molecule has 41 heavy (non-hydrogen) atoms. The molecule has 3 N–H and O–H groups in total. The quantitative estimate of drug-likeness (QED) is 0.353. The lowest BCUT2D eigenvalue weighted by Crippen LogP contribution is -2.63. The van der Waals surface area contributed by atoms with E-state index in [9.17, 15) is 24.5 Å². The number of aliphatic hydroxyl groups is 3. The Morgan fingerprint density at radius 2 is 2.02 bits per heavy atom. The normalized spacial score (nSPS) is 28.4. The maximum absolute atomic E-state index is 14.4. The molecule has 13 heteroatoms. The van der Waals surface area contributed by atoms with Crippen molar-refractivity contribution >= 4 is 39.1 Å². The van der Waals surface area contributed by atoms with Gasteiger partial charge < -0.3 is 29.7 Å². The van der Waals surface area contributed by atoms with Gasteiger partial charge in [0.15, 0.2) is 6.10 Å². The van der Waals surface area contributed by atoms with Crippen LogP contribution in [0.25, 0.3) is 11.3 Å². The Balaban J connectivity index is 1.53. The maximum atomic E-state index is 14.4. The van der Waals surface area contributed by atoms with Crippen molar-refractivity contribution in [3.8, 4) is 11.3 Å². The van der Waals surface area contributed by atoms with Gasteiger partial charge in [-0.15, -0.1) is 5.10 Å². The maximum Gasteiger partial charge on any atom is 0.259 e. The van der Waals surface area contributed by atoms with E-state index in [0.717, 1.165) is 12.8 Å². The molecule has 3 aromatic rings. The number of ether oxygens (including phenoxy) is 2. The van der Waals surface area contributed by atoms with Crippen molar-refractivity contribution in [2.24, 2.45) is 0 Å². The highest BCUT2D eigenvalue weighted by molar-refractivity contribution is 9.10. The monoisotopic (exact) mass is 652 g/mol. The third-order valence-electron chi connectivity index (χ3n) is 7.71. The topological polar surface area (TPSA) is 130 Å². The van der Waals surface area contributed by atoms with Crippen LogP contribution in [-0.2, 0) is 14.3 Å². The number of rotatable bonds is 7. The molecule has 0 bridgehead atoms. The van der Waals surface area contributed by atoms with Crippen LogP contribution in [0.2, 0.25) is 5.02 Å². The fraction of sp³-hybridized carbons (Fsp3) is 0.464. The van der Waals surface area contributed by atoms with Gasteiger partial charge in [-0.3, -0.25) is 4.79 Å². The molecular formula is C28H31BrClFN4O6. The number of anilines is 1. The van der Waals surface area contributed by atoms with Crippen LogP contribution >= 0.6 is 27.5 Å². The number of benzene rings is 2. The van der Waals surface area contributed by atoms with Gasteiger partial charge in [-0.05, 0) is 49.2 Å². The second-order valence-electron chi connectivity index (χ2n) is 10.3.